The van der Waals surface area contributed by atoms with Crippen LogP contribution in [0.15, 0.2) is 24.3 Å². The lowest BCUT2D eigenvalue weighted by atomic mass is 10.2. The molecule has 0 aromatic carbocycles. The standard InChI is InChI=1S/C10H16O3/c11-9-7-5-3-1-2-4-6-8-10(12)13/h1-4,11H,5-9H2,(H,12,13)/b3-1+,4-2+. The van der Waals surface area contributed by atoms with Crippen molar-refractivity contribution in [1.29, 1.82) is 0 Å². The molecular formula is C10H16O3. The van der Waals surface area contributed by atoms with Gasteiger partial charge in [-0.1, -0.05) is 24.3 Å². The van der Waals surface area contributed by atoms with Crippen LogP contribution in [0.3, 0.4) is 0 Å². The smallest absolute Gasteiger partial charge is 0.303 e. The Labute approximate surface area is 78.4 Å². The third-order valence-electron chi connectivity index (χ3n) is 1.44. The fourth-order valence-corrected chi connectivity index (χ4v) is 0.766. The molecule has 0 aliphatic rings. The lowest BCUT2D eigenvalue weighted by Crippen LogP contribution is -1.91. The molecule has 2 N–H and O–H groups in total. The molecule has 0 aromatic heterocycles. The van der Waals surface area contributed by atoms with E-state index in [1.807, 2.05) is 24.3 Å². The third-order valence-corrected chi connectivity index (χ3v) is 1.44. The van der Waals surface area contributed by atoms with Crippen LogP contribution in [0.5, 0.6) is 0 Å². The van der Waals surface area contributed by atoms with Crippen molar-refractivity contribution in [1.82, 2.24) is 0 Å². The number of carboxylic acid groups (broad SMARTS) is 1. The Balaban J connectivity index is 3.29. The van der Waals surface area contributed by atoms with E-state index in [2.05, 4.69) is 0 Å². The second kappa shape index (κ2) is 9.00. The van der Waals surface area contributed by atoms with Crippen molar-refractivity contribution in [2.75, 3.05) is 6.61 Å². The average Bonchev–Trinajstić information content (AvgIpc) is 2.09. The van der Waals surface area contributed by atoms with Gasteiger partial charge in [-0.25, -0.2) is 0 Å². The average molecular weight is 184 g/mol. The van der Waals surface area contributed by atoms with E-state index in [-0.39, 0.29) is 13.0 Å². The fourth-order valence-electron chi connectivity index (χ4n) is 0.766. The number of aliphatic hydroxyl groups is 1. The van der Waals surface area contributed by atoms with Crippen molar-refractivity contribution in [3.63, 3.8) is 0 Å². The second-order valence-corrected chi connectivity index (χ2v) is 2.65. The minimum Gasteiger partial charge on any atom is -0.481 e. The Kier molecular flexibility index (Phi) is 8.25. The highest BCUT2D eigenvalue weighted by molar-refractivity contribution is 5.66. The van der Waals surface area contributed by atoms with E-state index in [1.165, 1.54) is 0 Å². The first-order valence-corrected chi connectivity index (χ1v) is 4.41. The predicted octanol–water partition coefficient (Wildman–Crippen LogP) is 1.74. The van der Waals surface area contributed by atoms with Gasteiger partial charge in [-0.2, -0.15) is 0 Å². The van der Waals surface area contributed by atoms with Gasteiger partial charge in [-0.05, 0) is 19.3 Å². The number of unbranched alkanes of at least 4 members (excludes halogenated alkanes) is 1. The van der Waals surface area contributed by atoms with Crippen LogP contribution in [0.1, 0.15) is 25.7 Å². The molecule has 0 unspecified atom stereocenters. The van der Waals surface area contributed by atoms with Gasteiger partial charge >= 0.3 is 5.97 Å². The summed E-state index contributed by atoms with van der Waals surface area (Å²) >= 11 is 0. The van der Waals surface area contributed by atoms with Crippen LogP contribution in [0.4, 0.5) is 0 Å². The Morgan fingerprint density at radius 3 is 2.31 bits per heavy atom. The fraction of sp³-hybridized carbons (Fsp3) is 0.500. The first-order valence-electron chi connectivity index (χ1n) is 4.41. The predicted molar refractivity (Wildman–Crippen MR) is 51.5 cm³/mol. The highest BCUT2D eigenvalue weighted by atomic mass is 16.4. The Bertz CT molecular complexity index is 183. The number of rotatable bonds is 7. The van der Waals surface area contributed by atoms with Crippen molar-refractivity contribution in [2.45, 2.75) is 25.7 Å². The maximum atomic E-state index is 10.1. The molecule has 0 bridgehead atoms. The minimum atomic E-state index is -0.770. The van der Waals surface area contributed by atoms with Gasteiger partial charge in [0.05, 0.1) is 0 Å². The van der Waals surface area contributed by atoms with Crippen molar-refractivity contribution >= 4 is 5.97 Å². The molecule has 0 radical (unpaired) electrons. The SMILES string of the molecule is O=C(O)CC/C=C/C=C/CCCO. The van der Waals surface area contributed by atoms with Crippen LogP contribution in [-0.2, 0) is 4.79 Å². The first kappa shape index (κ1) is 11.9. The normalized spacial score (nSPS) is 11.5. The van der Waals surface area contributed by atoms with Gasteiger partial charge in [0.2, 0.25) is 0 Å². The Morgan fingerprint density at radius 1 is 1.15 bits per heavy atom. The van der Waals surface area contributed by atoms with E-state index >= 15 is 0 Å². The molecular weight excluding hydrogens is 168 g/mol. The van der Waals surface area contributed by atoms with E-state index in [1.54, 1.807) is 0 Å². The van der Waals surface area contributed by atoms with Crippen LogP contribution in [0, 0.1) is 0 Å². The van der Waals surface area contributed by atoms with E-state index in [9.17, 15) is 4.79 Å². The summed E-state index contributed by atoms with van der Waals surface area (Å²) in [6, 6.07) is 0. The number of hydrogen-bond donors (Lipinski definition) is 2. The molecule has 0 saturated heterocycles. The molecule has 0 fully saturated rings. The van der Waals surface area contributed by atoms with Crippen LogP contribution in [0.25, 0.3) is 0 Å². The van der Waals surface area contributed by atoms with Gasteiger partial charge in [0, 0.05) is 13.0 Å². The summed E-state index contributed by atoms with van der Waals surface area (Å²) in [6.07, 6.45) is 9.87. The van der Waals surface area contributed by atoms with Crippen molar-refractivity contribution in [3.05, 3.63) is 24.3 Å². The zero-order chi connectivity index (χ0) is 9.94. The van der Waals surface area contributed by atoms with Crippen molar-refractivity contribution in [2.24, 2.45) is 0 Å². The van der Waals surface area contributed by atoms with E-state index in [4.69, 9.17) is 10.2 Å². The molecule has 0 aliphatic heterocycles. The molecule has 0 amide bonds. The second-order valence-electron chi connectivity index (χ2n) is 2.65. The quantitative estimate of drug-likeness (QED) is 0.468. The lowest BCUT2D eigenvalue weighted by molar-refractivity contribution is -0.136. The summed E-state index contributed by atoms with van der Waals surface area (Å²) in [5.74, 6) is -0.770. The van der Waals surface area contributed by atoms with Gasteiger partial charge < -0.3 is 10.2 Å². The summed E-state index contributed by atoms with van der Waals surface area (Å²) in [5, 5.41) is 16.8. The van der Waals surface area contributed by atoms with Crippen LogP contribution < -0.4 is 0 Å². The van der Waals surface area contributed by atoms with E-state index in [0.29, 0.717) is 6.42 Å². The number of aliphatic carboxylic acids is 1. The molecule has 0 heterocycles. The monoisotopic (exact) mass is 184 g/mol. The minimum absolute atomic E-state index is 0.182. The largest absolute Gasteiger partial charge is 0.481 e. The van der Waals surface area contributed by atoms with E-state index in [0.717, 1.165) is 12.8 Å². The molecule has 74 valence electrons. The maximum Gasteiger partial charge on any atom is 0.303 e. The zero-order valence-corrected chi connectivity index (χ0v) is 7.65. The summed E-state index contributed by atoms with van der Waals surface area (Å²) in [7, 11) is 0. The van der Waals surface area contributed by atoms with Crippen molar-refractivity contribution in [3.8, 4) is 0 Å². The third kappa shape index (κ3) is 10.9. The van der Waals surface area contributed by atoms with Crippen LogP contribution in [0.2, 0.25) is 0 Å². The zero-order valence-electron chi connectivity index (χ0n) is 7.65. The Morgan fingerprint density at radius 2 is 1.77 bits per heavy atom. The Hall–Kier alpha value is -1.09. The molecule has 3 nitrogen and oxygen atoms in total. The van der Waals surface area contributed by atoms with Gasteiger partial charge in [-0.3, -0.25) is 4.79 Å². The molecule has 0 rings (SSSR count). The van der Waals surface area contributed by atoms with Crippen LogP contribution in [-0.4, -0.2) is 22.8 Å². The van der Waals surface area contributed by atoms with Crippen molar-refractivity contribution < 1.29 is 15.0 Å². The molecule has 13 heavy (non-hydrogen) atoms. The number of carboxylic acids is 1. The van der Waals surface area contributed by atoms with Gasteiger partial charge in [0.15, 0.2) is 0 Å². The molecule has 0 spiro atoms. The van der Waals surface area contributed by atoms with E-state index < -0.39 is 5.97 Å². The topological polar surface area (TPSA) is 57.5 Å². The summed E-state index contributed by atoms with van der Waals surface area (Å²) in [6.45, 7) is 0.215. The summed E-state index contributed by atoms with van der Waals surface area (Å²) in [4.78, 5) is 10.1. The highest BCUT2D eigenvalue weighted by Crippen LogP contribution is 1.93. The number of carbonyl (C=O) groups is 1. The summed E-state index contributed by atoms with van der Waals surface area (Å²) in [5.41, 5.74) is 0. The maximum absolute atomic E-state index is 10.1. The molecule has 0 saturated carbocycles. The number of allylic oxidation sites excluding steroid dienone is 4. The van der Waals surface area contributed by atoms with Gasteiger partial charge in [0.25, 0.3) is 0 Å². The number of hydrogen-bond acceptors (Lipinski definition) is 2. The lowest BCUT2D eigenvalue weighted by Gasteiger charge is -1.86. The molecule has 0 aromatic rings. The summed E-state index contributed by atoms with van der Waals surface area (Å²) < 4.78 is 0. The molecule has 0 aliphatic carbocycles. The number of aliphatic hydroxyl groups excluding tert-OH is 1. The van der Waals surface area contributed by atoms with Crippen LogP contribution >= 0.6 is 0 Å². The molecule has 0 atom stereocenters. The molecule has 3 heteroatoms. The van der Waals surface area contributed by atoms with Gasteiger partial charge in [0.1, 0.15) is 0 Å². The van der Waals surface area contributed by atoms with Gasteiger partial charge in [-0.15, -0.1) is 0 Å². The first-order chi connectivity index (χ1) is 6.27. The highest BCUT2D eigenvalue weighted by Gasteiger charge is 1.90.